The summed E-state index contributed by atoms with van der Waals surface area (Å²) in [4.78, 5) is 21.8. The lowest BCUT2D eigenvalue weighted by Crippen LogP contribution is -2.02. The molecule has 1 N–H and O–H groups in total. The van der Waals surface area contributed by atoms with E-state index in [1.54, 1.807) is 24.3 Å². The summed E-state index contributed by atoms with van der Waals surface area (Å²) in [6.07, 6.45) is 3.01. The standard InChI is InChI=1S/C16H11NO6/c18-16(19)12-2-1-3-13(17(20)21)11(12)6-4-10-5-7-14-15(8-10)23-9-22-14/h1-8H,9H2,(H,18,19). The van der Waals surface area contributed by atoms with Gasteiger partial charge in [0.15, 0.2) is 11.5 Å². The highest BCUT2D eigenvalue weighted by atomic mass is 16.7. The first-order valence-electron chi connectivity index (χ1n) is 6.64. The molecule has 1 aliphatic heterocycles. The van der Waals surface area contributed by atoms with Crippen LogP contribution in [0.2, 0.25) is 0 Å². The van der Waals surface area contributed by atoms with Crippen LogP contribution >= 0.6 is 0 Å². The number of hydrogen-bond acceptors (Lipinski definition) is 5. The quantitative estimate of drug-likeness (QED) is 0.528. The van der Waals surface area contributed by atoms with E-state index >= 15 is 0 Å². The topological polar surface area (TPSA) is 98.9 Å². The molecule has 2 aromatic carbocycles. The van der Waals surface area contributed by atoms with Crippen molar-refractivity contribution >= 4 is 23.8 Å². The molecule has 3 rings (SSSR count). The number of hydrogen-bond donors (Lipinski definition) is 1. The van der Waals surface area contributed by atoms with E-state index in [2.05, 4.69) is 0 Å². The molecule has 7 heteroatoms. The number of carboxylic acids is 1. The molecule has 0 radical (unpaired) electrons. The van der Waals surface area contributed by atoms with Crippen LogP contribution in [0.3, 0.4) is 0 Å². The molecule has 116 valence electrons. The summed E-state index contributed by atoms with van der Waals surface area (Å²) in [7, 11) is 0. The van der Waals surface area contributed by atoms with Gasteiger partial charge in [0.05, 0.1) is 16.1 Å². The largest absolute Gasteiger partial charge is 0.478 e. The normalized spacial score (nSPS) is 12.5. The van der Waals surface area contributed by atoms with Crippen molar-refractivity contribution < 1.29 is 24.3 Å². The van der Waals surface area contributed by atoms with E-state index in [1.807, 2.05) is 0 Å². The Balaban J connectivity index is 2.01. The van der Waals surface area contributed by atoms with Crippen molar-refractivity contribution in [2.24, 2.45) is 0 Å². The molecule has 0 bridgehead atoms. The van der Waals surface area contributed by atoms with Crippen molar-refractivity contribution in [2.45, 2.75) is 0 Å². The number of fused-ring (bicyclic) bond motifs is 1. The Kier molecular flexibility index (Phi) is 3.68. The molecular weight excluding hydrogens is 302 g/mol. The molecule has 23 heavy (non-hydrogen) atoms. The van der Waals surface area contributed by atoms with E-state index in [0.717, 1.165) is 0 Å². The van der Waals surface area contributed by atoms with E-state index in [1.165, 1.54) is 24.3 Å². The average molecular weight is 313 g/mol. The van der Waals surface area contributed by atoms with Gasteiger partial charge < -0.3 is 14.6 Å². The van der Waals surface area contributed by atoms with Gasteiger partial charge >= 0.3 is 5.97 Å². The molecule has 0 saturated carbocycles. The zero-order valence-corrected chi connectivity index (χ0v) is 11.8. The third-order valence-electron chi connectivity index (χ3n) is 3.35. The molecule has 0 saturated heterocycles. The fourth-order valence-corrected chi connectivity index (χ4v) is 2.27. The van der Waals surface area contributed by atoms with Crippen molar-refractivity contribution in [3.63, 3.8) is 0 Å². The van der Waals surface area contributed by atoms with Crippen LogP contribution in [0.25, 0.3) is 12.2 Å². The Morgan fingerprint density at radius 2 is 1.96 bits per heavy atom. The van der Waals surface area contributed by atoms with E-state index < -0.39 is 10.9 Å². The highest BCUT2D eigenvalue weighted by Gasteiger charge is 2.19. The molecular formula is C16H11NO6. The smallest absolute Gasteiger partial charge is 0.336 e. The SMILES string of the molecule is O=C(O)c1cccc([N+](=O)[O-])c1C=Cc1ccc2c(c1)OCO2. The van der Waals surface area contributed by atoms with E-state index in [0.29, 0.717) is 17.1 Å². The summed E-state index contributed by atoms with van der Waals surface area (Å²) in [5.74, 6) is -0.0220. The summed E-state index contributed by atoms with van der Waals surface area (Å²) >= 11 is 0. The second kappa shape index (κ2) is 5.80. The number of nitro benzene ring substituents is 1. The highest BCUT2D eigenvalue weighted by molar-refractivity contribution is 5.95. The predicted octanol–water partition coefficient (Wildman–Crippen LogP) is 3.19. The van der Waals surface area contributed by atoms with Crippen LogP contribution in [-0.2, 0) is 0 Å². The Morgan fingerprint density at radius 1 is 1.17 bits per heavy atom. The number of carbonyl (C=O) groups is 1. The van der Waals surface area contributed by atoms with Gasteiger partial charge in [0.1, 0.15) is 0 Å². The molecule has 0 atom stereocenters. The first-order valence-corrected chi connectivity index (χ1v) is 6.64. The molecule has 1 heterocycles. The molecule has 0 fully saturated rings. The second-order valence-corrected chi connectivity index (χ2v) is 4.75. The van der Waals surface area contributed by atoms with Crippen LogP contribution in [-0.4, -0.2) is 22.8 Å². The Bertz CT molecular complexity index is 795. The fraction of sp³-hybridized carbons (Fsp3) is 0.0625. The molecule has 0 aromatic heterocycles. The zero-order chi connectivity index (χ0) is 16.4. The van der Waals surface area contributed by atoms with Gasteiger partial charge in [0.25, 0.3) is 5.69 Å². The van der Waals surface area contributed by atoms with Crippen LogP contribution < -0.4 is 9.47 Å². The fourth-order valence-electron chi connectivity index (χ4n) is 2.27. The number of ether oxygens (including phenoxy) is 2. The van der Waals surface area contributed by atoms with Crippen molar-refractivity contribution in [1.82, 2.24) is 0 Å². The maximum absolute atomic E-state index is 11.3. The minimum absolute atomic E-state index is 0.0441. The summed E-state index contributed by atoms with van der Waals surface area (Å²) in [6.45, 7) is 0.149. The predicted molar refractivity (Wildman–Crippen MR) is 81.5 cm³/mol. The van der Waals surface area contributed by atoms with Gasteiger partial charge in [-0.15, -0.1) is 0 Å². The minimum atomic E-state index is -1.22. The van der Waals surface area contributed by atoms with Crippen molar-refractivity contribution in [3.8, 4) is 11.5 Å². The maximum atomic E-state index is 11.3. The number of carboxylic acid groups (broad SMARTS) is 1. The van der Waals surface area contributed by atoms with Gasteiger partial charge in [0.2, 0.25) is 6.79 Å². The molecule has 7 nitrogen and oxygen atoms in total. The van der Waals surface area contributed by atoms with Crippen LogP contribution in [0.5, 0.6) is 11.5 Å². The van der Waals surface area contributed by atoms with Crippen LogP contribution in [0.4, 0.5) is 5.69 Å². The first kappa shape index (κ1) is 14.6. The van der Waals surface area contributed by atoms with E-state index in [9.17, 15) is 20.0 Å². The Labute approximate surface area is 130 Å². The van der Waals surface area contributed by atoms with Crippen LogP contribution in [0.15, 0.2) is 36.4 Å². The molecule has 1 aliphatic rings. The lowest BCUT2D eigenvalue weighted by atomic mass is 10.0. The Morgan fingerprint density at radius 3 is 2.70 bits per heavy atom. The molecule has 0 aliphatic carbocycles. The lowest BCUT2D eigenvalue weighted by molar-refractivity contribution is -0.385. The first-order chi connectivity index (χ1) is 11.1. The maximum Gasteiger partial charge on any atom is 0.336 e. The number of rotatable bonds is 4. The number of nitrogens with zero attached hydrogens (tertiary/aromatic N) is 1. The minimum Gasteiger partial charge on any atom is -0.478 e. The number of nitro groups is 1. The lowest BCUT2D eigenvalue weighted by Gasteiger charge is -2.03. The number of benzene rings is 2. The third kappa shape index (κ3) is 2.84. The second-order valence-electron chi connectivity index (χ2n) is 4.75. The monoisotopic (exact) mass is 313 g/mol. The van der Waals surface area contributed by atoms with Gasteiger partial charge in [-0.25, -0.2) is 4.79 Å². The molecule has 0 amide bonds. The molecule has 2 aromatic rings. The summed E-state index contributed by atoms with van der Waals surface area (Å²) in [6, 6.07) is 9.13. The van der Waals surface area contributed by atoms with Crippen LogP contribution in [0, 0.1) is 10.1 Å². The van der Waals surface area contributed by atoms with E-state index in [-0.39, 0.29) is 23.6 Å². The van der Waals surface area contributed by atoms with E-state index in [4.69, 9.17) is 9.47 Å². The number of aromatic carboxylic acids is 1. The molecule has 0 spiro atoms. The summed E-state index contributed by atoms with van der Waals surface area (Å²) in [5, 5.41) is 20.3. The van der Waals surface area contributed by atoms with Crippen molar-refractivity contribution in [1.29, 1.82) is 0 Å². The van der Waals surface area contributed by atoms with Crippen molar-refractivity contribution in [3.05, 3.63) is 63.2 Å². The van der Waals surface area contributed by atoms with Gasteiger partial charge in [-0.2, -0.15) is 0 Å². The third-order valence-corrected chi connectivity index (χ3v) is 3.35. The van der Waals surface area contributed by atoms with Gasteiger partial charge in [-0.1, -0.05) is 18.2 Å². The van der Waals surface area contributed by atoms with Gasteiger partial charge in [-0.3, -0.25) is 10.1 Å². The highest BCUT2D eigenvalue weighted by Crippen LogP contribution is 2.33. The zero-order valence-electron chi connectivity index (χ0n) is 11.8. The van der Waals surface area contributed by atoms with Gasteiger partial charge in [-0.05, 0) is 29.8 Å². The van der Waals surface area contributed by atoms with Crippen molar-refractivity contribution in [2.75, 3.05) is 6.79 Å². The summed E-state index contributed by atoms with van der Waals surface area (Å²) in [5.41, 5.74) is 0.365. The average Bonchev–Trinajstić information content (AvgIpc) is 2.99. The summed E-state index contributed by atoms with van der Waals surface area (Å²) < 4.78 is 10.5. The Hall–Kier alpha value is -3.35. The van der Waals surface area contributed by atoms with Crippen LogP contribution in [0.1, 0.15) is 21.5 Å². The molecule has 0 unspecified atom stereocenters. The van der Waals surface area contributed by atoms with Gasteiger partial charge in [0, 0.05) is 6.07 Å².